The van der Waals surface area contributed by atoms with Crippen LogP contribution in [-0.2, 0) is 65.4 Å². The molecule has 19 heteroatoms. The molecule has 0 aliphatic carbocycles. The number of carbonyl (C=O) groups is 4. The molecular formula is C79H154O17P2. The number of aliphatic hydroxyl groups is 1. The topological polar surface area (TPSA) is 237 Å². The number of ether oxygens (including phenoxy) is 4. The van der Waals surface area contributed by atoms with Gasteiger partial charge in [-0.15, -0.1) is 0 Å². The summed E-state index contributed by atoms with van der Waals surface area (Å²) in [6, 6.07) is 0. The molecule has 0 saturated carbocycles. The Hall–Kier alpha value is -1.94. The monoisotopic (exact) mass is 1440 g/mol. The highest BCUT2D eigenvalue weighted by Crippen LogP contribution is 2.45. The predicted octanol–water partition coefficient (Wildman–Crippen LogP) is 23.5. The molecular weight excluding hydrogens is 1280 g/mol. The van der Waals surface area contributed by atoms with Gasteiger partial charge in [-0.05, 0) is 37.5 Å². The maximum Gasteiger partial charge on any atom is 0.472 e. The summed E-state index contributed by atoms with van der Waals surface area (Å²) in [5.74, 6) is -0.602. The van der Waals surface area contributed by atoms with E-state index in [-0.39, 0.29) is 25.7 Å². The fourth-order valence-electron chi connectivity index (χ4n) is 12.2. The molecule has 0 aliphatic rings. The molecule has 0 bridgehead atoms. The van der Waals surface area contributed by atoms with Crippen molar-refractivity contribution in [3.05, 3.63) is 0 Å². The van der Waals surface area contributed by atoms with Gasteiger partial charge in [0.1, 0.15) is 19.3 Å². The van der Waals surface area contributed by atoms with E-state index in [1.807, 2.05) is 0 Å². The van der Waals surface area contributed by atoms with E-state index >= 15 is 0 Å². The van der Waals surface area contributed by atoms with E-state index in [0.29, 0.717) is 25.7 Å². The average molecular weight is 1440 g/mol. The Balaban J connectivity index is 5.24. The summed E-state index contributed by atoms with van der Waals surface area (Å²) in [6.45, 7) is 9.60. The highest BCUT2D eigenvalue weighted by Gasteiger charge is 2.30. The Bertz CT molecular complexity index is 1890. The summed E-state index contributed by atoms with van der Waals surface area (Å²) in [6.07, 6.45) is 59.6. The molecule has 3 N–H and O–H groups in total. The lowest BCUT2D eigenvalue weighted by Gasteiger charge is -2.21. The third kappa shape index (κ3) is 72.4. The molecule has 5 atom stereocenters. The maximum atomic E-state index is 13.1. The molecule has 0 rings (SSSR count). The fraction of sp³-hybridized carbons (Fsp3) is 0.949. The van der Waals surface area contributed by atoms with Gasteiger partial charge in [-0.1, -0.05) is 363 Å². The molecule has 582 valence electrons. The third-order valence-electron chi connectivity index (χ3n) is 18.5. The molecule has 17 nitrogen and oxygen atoms in total. The Morgan fingerprint density at radius 2 is 0.469 bits per heavy atom. The van der Waals surface area contributed by atoms with E-state index < -0.39 is 97.5 Å². The zero-order valence-corrected chi connectivity index (χ0v) is 65.9. The van der Waals surface area contributed by atoms with Crippen molar-refractivity contribution in [2.24, 2.45) is 11.8 Å². The molecule has 2 unspecified atom stereocenters. The molecule has 0 aromatic carbocycles. The maximum absolute atomic E-state index is 13.1. The number of phosphoric ester groups is 2. The standard InChI is InChI=1S/C79H154O17P2/c1-7-9-11-13-15-17-19-21-22-23-24-25-26-28-34-38-46-52-58-64-79(84)95-74(67-89-76(81)61-55-49-43-36-32-30-29-31-35-41-47-53-59-71(3)4)69-93-97(85,86)91-65-73(80)66-92-98(87,88)94-70-75(68-90-77(82)62-56-50-44-40-39-42-48-54-60-72(5)6)96-78(83)63-57-51-45-37-33-27-20-18-16-14-12-10-8-2/h71-75,80H,7-70H2,1-6H3,(H,85,86)(H,87,88)/t73-,74-,75-/m1/s1. The van der Waals surface area contributed by atoms with Crippen molar-refractivity contribution >= 4 is 39.5 Å². The van der Waals surface area contributed by atoms with Crippen LogP contribution in [0.15, 0.2) is 0 Å². The van der Waals surface area contributed by atoms with Crippen LogP contribution >= 0.6 is 15.6 Å². The summed E-state index contributed by atoms with van der Waals surface area (Å²) >= 11 is 0. The van der Waals surface area contributed by atoms with E-state index in [1.165, 1.54) is 231 Å². The molecule has 98 heavy (non-hydrogen) atoms. The first kappa shape index (κ1) is 96.1. The fourth-order valence-corrected chi connectivity index (χ4v) is 13.8. The van der Waals surface area contributed by atoms with Gasteiger partial charge >= 0.3 is 39.5 Å². The second-order valence-corrected chi connectivity index (χ2v) is 32.3. The second-order valence-electron chi connectivity index (χ2n) is 29.4. The summed E-state index contributed by atoms with van der Waals surface area (Å²) in [7, 11) is -9.92. The van der Waals surface area contributed by atoms with E-state index in [2.05, 4.69) is 41.5 Å². The first-order valence-electron chi connectivity index (χ1n) is 41.0. The van der Waals surface area contributed by atoms with Crippen molar-refractivity contribution in [2.45, 2.75) is 432 Å². The Morgan fingerprint density at radius 3 is 0.694 bits per heavy atom. The van der Waals surface area contributed by atoms with Gasteiger partial charge in [-0.3, -0.25) is 37.3 Å². The van der Waals surface area contributed by atoms with Gasteiger partial charge in [0.25, 0.3) is 0 Å². The molecule has 0 aliphatic heterocycles. The van der Waals surface area contributed by atoms with Crippen molar-refractivity contribution in [2.75, 3.05) is 39.6 Å². The SMILES string of the molecule is CCCCCCCCCCCCCCCCCCCCCC(=O)O[C@H](COC(=O)CCCCCCCCCCCCCCC(C)C)COP(=O)(O)OC[C@@H](O)COP(=O)(O)OC[C@@H](COC(=O)CCCCCCCCCCC(C)C)OC(=O)CCCCCCCCCCCCCCC. The minimum Gasteiger partial charge on any atom is -0.462 e. The van der Waals surface area contributed by atoms with Crippen LogP contribution in [0.5, 0.6) is 0 Å². The van der Waals surface area contributed by atoms with Crippen molar-refractivity contribution in [1.29, 1.82) is 0 Å². The van der Waals surface area contributed by atoms with E-state index in [9.17, 15) is 43.2 Å². The zero-order chi connectivity index (χ0) is 72.1. The largest absolute Gasteiger partial charge is 0.472 e. The number of rotatable bonds is 78. The van der Waals surface area contributed by atoms with Crippen LogP contribution in [0.25, 0.3) is 0 Å². The van der Waals surface area contributed by atoms with Crippen LogP contribution in [0.3, 0.4) is 0 Å². The van der Waals surface area contributed by atoms with Crippen LogP contribution in [0.1, 0.15) is 414 Å². The van der Waals surface area contributed by atoms with Crippen LogP contribution in [-0.4, -0.2) is 96.7 Å². The molecule has 0 saturated heterocycles. The zero-order valence-electron chi connectivity index (χ0n) is 64.1. The molecule has 0 spiro atoms. The summed E-state index contributed by atoms with van der Waals surface area (Å²) in [5, 5.41) is 10.6. The minimum atomic E-state index is -4.96. The van der Waals surface area contributed by atoms with Gasteiger partial charge in [0, 0.05) is 25.7 Å². The predicted molar refractivity (Wildman–Crippen MR) is 400 cm³/mol. The van der Waals surface area contributed by atoms with E-state index in [0.717, 1.165) is 102 Å². The van der Waals surface area contributed by atoms with Gasteiger partial charge < -0.3 is 33.8 Å². The van der Waals surface area contributed by atoms with E-state index in [1.54, 1.807) is 0 Å². The highest BCUT2D eigenvalue weighted by molar-refractivity contribution is 7.47. The highest BCUT2D eigenvalue weighted by atomic mass is 31.2. The first-order valence-corrected chi connectivity index (χ1v) is 44.0. The summed E-state index contributed by atoms with van der Waals surface area (Å²) in [5.41, 5.74) is 0. The number of unbranched alkanes of at least 4 members (excludes halogenated alkanes) is 48. The van der Waals surface area contributed by atoms with Crippen molar-refractivity contribution in [3.63, 3.8) is 0 Å². The van der Waals surface area contributed by atoms with Gasteiger partial charge in [-0.25, -0.2) is 9.13 Å². The summed E-state index contributed by atoms with van der Waals surface area (Å²) < 4.78 is 68.7. The normalized spacial score (nSPS) is 13.9. The summed E-state index contributed by atoms with van der Waals surface area (Å²) in [4.78, 5) is 72.9. The number of aliphatic hydroxyl groups excluding tert-OH is 1. The van der Waals surface area contributed by atoms with Gasteiger partial charge in [0.15, 0.2) is 12.2 Å². The van der Waals surface area contributed by atoms with E-state index in [4.69, 9.17) is 37.0 Å². The van der Waals surface area contributed by atoms with Gasteiger partial charge in [0.2, 0.25) is 0 Å². The van der Waals surface area contributed by atoms with Crippen LogP contribution in [0, 0.1) is 11.8 Å². The Kier molecular flexibility index (Phi) is 69.3. The van der Waals surface area contributed by atoms with Crippen LogP contribution < -0.4 is 0 Å². The number of hydrogen-bond donors (Lipinski definition) is 3. The number of esters is 4. The lowest BCUT2D eigenvalue weighted by Crippen LogP contribution is -2.30. The number of phosphoric acid groups is 2. The molecule has 0 heterocycles. The number of carbonyl (C=O) groups excluding carboxylic acids is 4. The average Bonchev–Trinajstić information content (AvgIpc) is 1.07. The lowest BCUT2D eigenvalue weighted by atomic mass is 10.0. The molecule has 0 fully saturated rings. The molecule has 0 radical (unpaired) electrons. The minimum absolute atomic E-state index is 0.107. The smallest absolute Gasteiger partial charge is 0.462 e. The number of hydrogen-bond acceptors (Lipinski definition) is 15. The third-order valence-corrected chi connectivity index (χ3v) is 20.4. The van der Waals surface area contributed by atoms with Crippen molar-refractivity contribution in [3.8, 4) is 0 Å². The van der Waals surface area contributed by atoms with Crippen LogP contribution in [0.2, 0.25) is 0 Å². The second kappa shape index (κ2) is 70.7. The lowest BCUT2D eigenvalue weighted by molar-refractivity contribution is -0.161. The van der Waals surface area contributed by atoms with Crippen LogP contribution in [0.4, 0.5) is 0 Å². The molecule has 0 aromatic heterocycles. The van der Waals surface area contributed by atoms with Gasteiger partial charge in [-0.2, -0.15) is 0 Å². The first-order chi connectivity index (χ1) is 47.4. The molecule has 0 aromatic rings. The Labute approximate surface area is 600 Å². The quantitative estimate of drug-likeness (QED) is 0.0222. The Morgan fingerprint density at radius 1 is 0.276 bits per heavy atom. The van der Waals surface area contributed by atoms with Crippen molar-refractivity contribution in [1.82, 2.24) is 0 Å². The van der Waals surface area contributed by atoms with Crippen molar-refractivity contribution < 1.29 is 80.2 Å². The molecule has 0 amide bonds. The van der Waals surface area contributed by atoms with Gasteiger partial charge in [0.05, 0.1) is 26.4 Å².